The molecule has 2 aromatic rings. The summed E-state index contributed by atoms with van der Waals surface area (Å²) in [7, 11) is 0. The minimum atomic E-state index is -0.446. The van der Waals surface area contributed by atoms with Crippen LogP contribution in [0.15, 0.2) is 40.9 Å². The summed E-state index contributed by atoms with van der Waals surface area (Å²) in [4.78, 5) is 16.4. The lowest BCUT2D eigenvalue weighted by Gasteiger charge is -2.36. The van der Waals surface area contributed by atoms with Crippen molar-refractivity contribution in [1.82, 2.24) is 15.4 Å². The van der Waals surface area contributed by atoms with Crippen molar-refractivity contribution in [3.63, 3.8) is 0 Å². The maximum absolute atomic E-state index is 11.5. The quantitative estimate of drug-likeness (QED) is 0.543. The Balaban J connectivity index is 0.00000261. The molecule has 0 atom stereocenters. The summed E-state index contributed by atoms with van der Waals surface area (Å²) in [5.74, 6) is 0.195. The molecule has 1 saturated heterocycles. The average molecular weight is 395 g/mol. The first-order chi connectivity index (χ1) is 12.8. The number of carbonyl (C=O) groups excluding carboxylic acids is 1. The summed E-state index contributed by atoms with van der Waals surface area (Å²) in [5, 5.41) is 7.07. The molecule has 1 aromatic heterocycles. The summed E-state index contributed by atoms with van der Waals surface area (Å²) >= 11 is 0. The number of esters is 1. The number of piperazine rings is 1. The Labute approximate surface area is 166 Å². The maximum atomic E-state index is 11.5. The zero-order chi connectivity index (χ0) is 18.2. The molecular formula is C19H27ClN4O3. The largest absolute Gasteiger partial charge is 0.461 e. The number of halogens is 1. The molecule has 148 valence electrons. The van der Waals surface area contributed by atoms with E-state index in [1.807, 2.05) is 0 Å². The third kappa shape index (κ3) is 6.23. The third-order valence-corrected chi connectivity index (χ3v) is 4.44. The van der Waals surface area contributed by atoms with Crippen molar-refractivity contribution >= 4 is 24.1 Å². The van der Waals surface area contributed by atoms with Crippen molar-refractivity contribution in [2.24, 2.45) is 0 Å². The highest BCUT2D eigenvalue weighted by Gasteiger charge is 2.17. The lowest BCUT2D eigenvalue weighted by atomic mass is 10.2. The summed E-state index contributed by atoms with van der Waals surface area (Å²) in [6, 6.07) is 12.2. The smallest absolute Gasteiger partial charge is 0.360 e. The molecule has 27 heavy (non-hydrogen) atoms. The molecule has 3 rings (SSSR count). The molecule has 1 fully saturated rings. The van der Waals surface area contributed by atoms with Gasteiger partial charge in [-0.3, -0.25) is 4.90 Å². The topological polar surface area (TPSA) is 70.8 Å². The van der Waals surface area contributed by atoms with Crippen LogP contribution in [-0.2, 0) is 11.3 Å². The van der Waals surface area contributed by atoms with E-state index in [9.17, 15) is 4.79 Å². The van der Waals surface area contributed by atoms with Crippen LogP contribution in [0, 0.1) is 0 Å². The van der Waals surface area contributed by atoms with Crippen LogP contribution < -0.4 is 10.2 Å². The number of ether oxygens (including phenoxy) is 1. The van der Waals surface area contributed by atoms with Gasteiger partial charge in [0.1, 0.15) is 0 Å². The van der Waals surface area contributed by atoms with Gasteiger partial charge in [0.2, 0.25) is 0 Å². The highest BCUT2D eigenvalue weighted by atomic mass is 35.5. The second-order valence-corrected chi connectivity index (χ2v) is 6.24. The molecule has 0 spiro atoms. The lowest BCUT2D eigenvalue weighted by molar-refractivity contribution is 0.0514. The average Bonchev–Trinajstić information content (AvgIpc) is 3.16. The highest BCUT2D eigenvalue weighted by Crippen LogP contribution is 2.15. The van der Waals surface area contributed by atoms with Gasteiger partial charge < -0.3 is 19.5 Å². The number of anilines is 1. The van der Waals surface area contributed by atoms with E-state index in [1.165, 1.54) is 5.69 Å². The van der Waals surface area contributed by atoms with Crippen LogP contribution in [0.25, 0.3) is 0 Å². The Kier molecular flexibility index (Phi) is 8.57. The monoisotopic (exact) mass is 394 g/mol. The molecule has 0 radical (unpaired) electrons. The minimum absolute atomic E-state index is 0. The van der Waals surface area contributed by atoms with Crippen LogP contribution in [0.5, 0.6) is 0 Å². The number of para-hydroxylation sites is 1. The van der Waals surface area contributed by atoms with Gasteiger partial charge in [-0.25, -0.2) is 4.79 Å². The summed E-state index contributed by atoms with van der Waals surface area (Å²) in [5.41, 5.74) is 1.52. The number of nitrogens with zero attached hydrogens (tertiary/aromatic N) is 3. The number of nitrogens with one attached hydrogen (secondary N) is 1. The zero-order valence-electron chi connectivity index (χ0n) is 15.6. The molecule has 1 aliphatic heterocycles. The van der Waals surface area contributed by atoms with Gasteiger partial charge in [0.15, 0.2) is 11.5 Å². The van der Waals surface area contributed by atoms with Crippen LogP contribution in [0.4, 0.5) is 5.69 Å². The zero-order valence-corrected chi connectivity index (χ0v) is 16.4. The lowest BCUT2D eigenvalue weighted by Crippen LogP contribution is -2.48. The Bertz CT molecular complexity index is 687. The van der Waals surface area contributed by atoms with Gasteiger partial charge in [0.25, 0.3) is 0 Å². The second kappa shape index (κ2) is 10.9. The summed E-state index contributed by atoms with van der Waals surface area (Å²) in [6.45, 7) is 8.72. The Morgan fingerprint density at radius 1 is 1.22 bits per heavy atom. The van der Waals surface area contributed by atoms with E-state index in [0.717, 1.165) is 39.3 Å². The first kappa shape index (κ1) is 21.2. The van der Waals surface area contributed by atoms with Crippen LogP contribution in [-0.4, -0.2) is 61.9 Å². The Hall–Kier alpha value is -2.09. The molecule has 0 saturated carbocycles. The van der Waals surface area contributed by atoms with Gasteiger partial charge in [0, 0.05) is 51.0 Å². The number of hydrogen-bond donors (Lipinski definition) is 1. The highest BCUT2D eigenvalue weighted by molar-refractivity contribution is 5.87. The fraction of sp³-hybridized carbons (Fsp3) is 0.474. The van der Waals surface area contributed by atoms with Crippen molar-refractivity contribution in [2.75, 3.05) is 50.8 Å². The van der Waals surface area contributed by atoms with Gasteiger partial charge in [0.05, 0.1) is 13.2 Å². The fourth-order valence-electron chi connectivity index (χ4n) is 3.01. The summed E-state index contributed by atoms with van der Waals surface area (Å²) in [6.07, 6.45) is 0. The number of hydrogen-bond acceptors (Lipinski definition) is 7. The molecular weight excluding hydrogens is 368 g/mol. The van der Waals surface area contributed by atoms with Crippen LogP contribution in [0.3, 0.4) is 0 Å². The van der Waals surface area contributed by atoms with Crippen LogP contribution in [0.2, 0.25) is 0 Å². The van der Waals surface area contributed by atoms with E-state index >= 15 is 0 Å². The number of aromatic nitrogens is 1. The minimum Gasteiger partial charge on any atom is -0.461 e. The predicted molar refractivity (Wildman–Crippen MR) is 107 cm³/mol. The molecule has 0 aliphatic carbocycles. The standard InChI is InChI=1S/C19H26N4O3.ClH/c1-2-25-19(24)18-14-17(26-21-18)15-20-8-9-22-10-12-23(13-11-22)16-6-4-3-5-7-16;/h3-7,14,20H,2,8-13,15H2,1H3;1H. The normalized spacial score (nSPS) is 14.6. The van der Waals surface area contributed by atoms with Gasteiger partial charge in [-0.1, -0.05) is 23.4 Å². The van der Waals surface area contributed by atoms with Crippen molar-refractivity contribution in [1.29, 1.82) is 0 Å². The van der Waals surface area contributed by atoms with Crippen molar-refractivity contribution in [2.45, 2.75) is 13.5 Å². The molecule has 0 bridgehead atoms. The van der Waals surface area contributed by atoms with E-state index in [2.05, 4.69) is 50.6 Å². The van der Waals surface area contributed by atoms with E-state index in [1.54, 1.807) is 13.0 Å². The molecule has 1 aliphatic rings. The predicted octanol–water partition coefficient (Wildman–Crippen LogP) is 2.18. The number of rotatable bonds is 8. The molecule has 8 heteroatoms. The molecule has 2 heterocycles. The number of benzene rings is 1. The van der Waals surface area contributed by atoms with E-state index in [-0.39, 0.29) is 18.1 Å². The molecule has 0 unspecified atom stereocenters. The summed E-state index contributed by atoms with van der Waals surface area (Å²) < 4.78 is 10.0. The van der Waals surface area contributed by atoms with Gasteiger partial charge in [-0.2, -0.15) is 0 Å². The van der Waals surface area contributed by atoms with Gasteiger partial charge >= 0.3 is 5.97 Å². The third-order valence-electron chi connectivity index (χ3n) is 4.44. The van der Waals surface area contributed by atoms with Gasteiger partial charge in [-0.05, 0) is 19.1 Å². The molecule has 1 aromatic carbocycles. The molecule has 1 N–H and O–H groups in total. The van der Waals surface area contributed by atoms with E-state index in [4.69, 9.17) is 9.26 Å². The van der Waals surface area contributed by atoms with Crippen molar-refractivity contribution in [3.8, 4) is 0 Å². The van der Waals surface area contributed by atoms with E-state index in [0.29, 0.717) is 18.9 Å². The van der Waals surface area contributed by atoms with Crippen LogP contribution in [0.1, 0.15) is 23.2 Å². The maximum Gasteiger partial charge on any atom is 0.360 e. The Morgan fingerprint density at radius 2 is 1.96 bits per heavy atom. The SMILES string of the molecule is CCOC(=O)c1cc(CNCCN2CCN(c3ccccc3)CC2)on1.Cl. The fourth-order valence-corrected chi connectivity index (χ4v) is 3.01. The number of carbonyl (C=O) groups is 1. The van der Waals surface area contributed by atoms with Crippen LogP contribution >= 0.6 is 12.4 Å². The molecule has 7 nitrogen and oxygen atoms in total. The van der Waals surface area contributed by atoms with Gasteiger partial charge in [-0.15, -0.1) is 12.4 Å². The Morgan fingerprint density at radius 3 is 2.67 bits per heavy atom. The first-order valence-corrected chi connectivity index (χ1v) is 9.12. The van der Waals surface area contributed by atoms with Crippen molar-refractivity contribution in [3.05, 3.63) is 47.9 Å². The van der Waals surface area contributed by atoms with E-state index < -0.39 is 5.97 Å². The second-order valence-electron chi connectivity index (χ2n) is 6.24. The first-order valence-electron chi connectivity index (χ1n) is 9.12. The molecule has 0 amide bonds. The van der Waals surface area contributed by atoms with Crippen molar-refractivity contribution < 1.29 is 14.1 Å².